The van der Waals surface area contributed by atoms with Crippen LogP contribution in [-0.2, 0) is 4.79 Å². The van der Waals surface area contributed by atoms with Crippen LogP contribution < -0.4 is 0 Å². The van der Waals surface area contributed by atoms with Gasteiger partial charge in [-0.2, -0.15) is 0 Å². The Bertz CT molecular complexity index is 743. The van der Waals surface area contributed by atoms with Crippen LogP contribution in [0.25, 0.3) is 12.2 Å². The zero-order valence-corrected chi connectivity index (χ0v) is 11.6. The lowest BCUT2D eigenvalue weighted by molar-refractivity contribution is -0.131. The molecule has 2 aromatic carbocycles. The Labute approximate surface area is 127 Å². The van der Waals surface area contributed by atoms with Crippen LogP contribution >= 0.6 is 0 Å². The van der Waals surface area contributed by atoms with Gasteiger partial charge in [0, 0.05) is 6.08 Å². The summed E-state index contributed by atoms with van der Waals surface area (Å²) >= 11 is 0. The molecule has 0 fully saturated rings. The summed E-state index contributed by atoms with van der Waals surface area (Å²) in [6.07, 6.45) is 5.19. The topological polar surface area (TPSA) is 74.6 Å². The fourth-order valence-corrected chi connectivity index (χ4v) is 1.95. The quantitative estimate of drug-likeness (QED) is 0.655. The van der Waals surface area contributed by atoms with Crippen LogP contribution in [0.1, 0.15) is 21.5 Å². The molecule has 2 aromatic rings. The van der Waals surface area contributed by atoms with Crippen molar-refractivity contribution in [1.82, 2.24) is 0 Å². The molecule has 4 heteroatoms. The van der Waals surface area contributed by atoms with Crippen molar-refractivity contribution in [3.63, 3.8) is 0 Å². The lowest BCUT2D eigenvalue weighted by atomic mass is 10.0. The lowest BCUT2D eigenvalue weighted by Crippen LogP contribution is -1.99. The highest BCUT2D eigenvalue weighted by molar-refractivity contribution is 6.11. The normalized spacial score (nSPS) is 11.1. The number of phenols is 1. The number of rotatable bonds is 5. The molecule has 0 aromatic heterocycles. The Balaban J connectivity index is 2.33. The largest absolute Gasteiger partial charge is 0.507 e. The Morgan fingerprint density at radius 1 is 0.864 bits per heavy atom. The van der Waals surface area contributed by atoms with E-state index in [1.807, 2.05) is 30.3 Å². The number of aliphatic carboxylic acids is 1. The molecule has 0 unspecified atom stereocenters. The van der Waals surface area contributed by atoms with Crippen LogP contribution in [0.4, 0.5) is 0 Å². The third kappa shape index (κ3) is 3.93. The number of hydrogen-bond donors (Lipinski definition) is 2. The fraction of sp³-hybridized carbons (Fsp3) is 0. The third-order valence-corrected chi connectivity index (χ3v) is 2.95. The van der Waals surface area contributed by atoms with Gasteiger partial charge < -0.3 is 10.2 Å². The van der Waals surface area contributed by atoms with Crippen molar-refractivity contribution in [2.45, 2.75) is 0 Å². The molecule has 0 saturated carbocycles. The van der Waals surface area contributed by atoms with Crippen LogP contribution in [0.15, 0.2) is 60.7 Å². The van der Waals surface area contributed by atoms with Gasteiger partial charge in [-0.25, -0.2) is 4.79 Å². The molecule has 0 amide bonds. The SMILES string of the molecule is O=C(O)/C=C/c1cccc(O)c1C(=O)/C=C/c1ccccc1. The highest BCUT2D eigenvalue weighted by Crippen LogP contribution is 2.23. The van der Waals surface area contributed by atoms with Crippen molar-refractivity contribution in [3.05, 3.63) is 77.4 Å². The smallest absolute Gasteiger partial charge is 0.328 e. The monoisotopic (exact) mass is 294 g/mol. The van der Waals surface area contributed by atoms with Gasteiger partial charge in [0.05, 0.1) is 5.56 Å². The molecular formula is C18H14O4. The number of phenolic OH excluding ortho intramolecular Hbond substituents is 1. The number of carboxylic acids is 1. The number of carboxylic acid groups (broad SMARTS) is 1. The van der Waals surface area contributed by atoms with E-state index in [9.17, 15) is 14.7 Å². The molecule has 0 bridgehead atoms. The number of carbonyl (C=O) groups is 2. The summed E-state index contributed by atoms with van der Waals surface area (Å²) in [6, 6.07) is 13.8. The predicted octanol–water partition coefficient (Wildman–Crippen LogP) is 3.39. The van der Waals surface area contributed by atoms with Gasteiger partial charge >= 0.3 is 5.97 Å². The minimum Gasteiger partial charge on any atom is -0.507 e. The van der Waals surface area contributed by atoms with E-state index in [4.69, 9.17) is 5.11 Å². The van der Waals surface area contributed by atoms with Crippen LogP contribution in [0.3, 0.4) is 0 Å². The van der Waals surface area contributed by atoms with Crippen LogP contribution in [-0.4, -0.2) is 22.0 Å². The number of aromatic hydroxyl groups is 1. The summed E-state index contributed by atoms with van der Waals surface area (Å²) in [5, 5.41) is 18.6. The molecule has 0 spiro atoms. The third-order valence-electron chi connectivity index (χ3n) is 2.95. The van der Waals surface area contributed by atoms with Crippen molar-refractivity contribution in [1.29, 1.82) is 0 Å². The maximum Gasteiger partial charge on any atom is 0.328 e. The van der Waals surface area contributed by atoms with E-state index >= 15 is 0 Å². The van der Waals surface area contributed by atoms with Crippen molar-refractivity contribution in [2.75, 3.05) is 0 Å². The van der Waals surface area contributed by atoms with Gasteiger partial charge in [0.15, 0.2) is 5.78 Å². The minimum atomic E-state index is -1.12. The van der Waals surface area contributed by atoms with Gasteiger partial charge in [-0.05, 0) is 29.3 Å². The zero-order chi connectivity index (χ0) is 15.9. The van der Waals surface area contributed by atoms with E-state index in [1.54, 1.807) is 18.2 Å². The van der Waals surface area contributed by atoms with Gasteiger partial charge in [0.2, 0.25) is 0 Å². The molecule has 2 N–H and O–H groups in total. The average molecular weight is 294 g/mol. The molecule has 110 valence electrons. The molecular weight excluding hydrogens is 280 g/mol. The molecule has 0 aliphatic heterocycles. The standard InChI is InChI=1S/C18H14O4/c19-15-8-4-7-14(10-12-17(21)22)18(15)16(20)11-9-13-5-2-1-3-6-13/h1-12,19H,(H,21,22)/b11-9+,12-10+. The summed E-state index contributed by atoms with van der Waals surface area (Å²) in [6.45, 7) is 0. The summed E-state index contributed by atoms with van der Waals surface area (Å²) in [5.74, 6) is -1.70. The molecule has 0 aliphatic rings. The second-order valence-corrected chi connectivity index (χ2v) is 4.52. The first-order valence-electron chi connectivity index (χ1n) is 6.58. The molecule has 4 nitrogen and oxygen atoms in total. The molecule has 0 atom stereocenters. The lowest BCUT2D eigenvalue weighted by Gasteiger charge is -2.05. The number of ketones is 1. The maximum atomic E-state index is 12.3. The molecule has 0 radical (unpaired) electrons. The molecule has 0 saturated heterocycles. The predicted molar refractivity (Wildman–Crippen MR) is 84.6 cm³/mol. The van der Waals surface area contributed by atoms with Gasteiger partial charge in [0.1, 0.15) is 5.75 Å². The molecule has 22 heavy (non-hydrogen) atoms. The van der Waals surface area contributed by atoms with E-state index in [0.717, 1.165) is 11.6 Å². The molecule has 0 heterocycles. The van der Waals surface area contributed by atoms with Gasteiger partial charge in [-0.15, -0.1) is 0 Å². The summed E-state index contributed by atoms with van der Waals surface area (Å²) in [4.78, 5) is 22.9. The van der Waals surface area contributed by atoms with Crippen LogP contribution in [0, 0.1) is 0 Å². The first-order valence-corrected chi connectivity index (χ1v) is 6.58. The van der Waals surface area contributed by atoms with Gasteiger partial charge in [0.25, 0.3) is 0 Å². The second-order valence-electron chi connectivity index (χ2n) is 4.52. The highest BCUT2D eigenvalue weighted by Gasteiger charge is 2.12. The number of carbonyl (C=O) groups excluding carboxylic acids is 1. The summed E-state index contributed by atoms with van der Waals surface area (Å²) in [5.41, 5.74) is 1.28. The van der Waals surface area contributed by atoms with Crippen molar-refractivity contribution in [3.8, 4) is 5.75 Å². The Morgan fingerprint density at radius 3 is 2.27 bits per heavy atom. The molecule has 2 rings (SSSR count). The van der Waals surface area contributed by atoms with E-state index in [0.29, 0.717) is 5.56 Å². The Hall–Kier alpha value is -3.14. The summed E-state index contributed by atoms with van der Waals surface area (Å²) < 4.78 is 0. The van der Waals surface area contributed by atoms with Gasteiger partial charge in [-0.1, -0.05) is 48.5 Å². The van der Waals surface area contributed by atoms with Crippen molar-refractivity contribution >= 4 is 23.9 Å². The van der Waals surface area contributed by atoms with Crippen LogP contribution in [0.2, 0.25) is 0 Å². The highest BCUT2D eigenvalue weighted by atomic mass is 16.4. The van der Waals surface area contributed by atoms with Crippen molar-refractivity contribution < 1.29 is 19.8 Å². The minimum absolute atomic E-state index is 0.0761. The first-order chi connectivity index (χ1) is 10.6. The van der Waals surface area contributed by atoms with E-state index in [1.165, 1.54) is 18.2 Å². The Kier molecular flexibility index (Phi) is 4.88. The van der Waals surface area contributed by atoms with E-state index in [2.05, 4.69) is 0 Å². The van der Waals surface area contributed by atoms with E-state index in [-0.39, 0.29) is 11.3 Å². The average Bonchev–Trinajstić information content (AvgIpc) is 2.51. The number of benzene rings is 2. The Morgan fingerprint density at radius 2 is 1.59 bits per heavy atom. The van der Waals surface area contributed by atoms with E-state index < -0.39 is 11.8 Å². The van der Waals surface area contributed by atoms with Crippen LogP contribution in [0.5, 0.6) is 5.75 Å². The van der Waals surface area contributed by atoms with Crippen molar-refractivity contribution in [2.24, 2.45) is 0 Å². The number of hydrogen-bond acceptors (Lipinski definition) is 3. The van der Waals surface area contributed by atoms with Gasteiger partial charge in [-0.3, -0.25) is 4.79 Å². The number of allylic oxidation sites excluding steroid dienone is 1. The first kappa shape index (κ1) is 15.3. The zero-order valence-electron chi connectivity index (χ0n) is 11.6. The fourth-order valence-electron chi connectivity index (χ4n) is 1.95. The second kappa shape index (κ2) is 7.04. The molecule has 0 aliphatic carbocycles. The summed E-state index contributed by atoms with van der Waals surface area (Å²) in [7, 11) is 0. The maximum absolute atomic E-state index is 12.3.